The normalized spacial score (nSPS) is 11.3. The van der Waals surface area contributed by atoms with E-state index in [1.807, 2.05) is 0 Å². The van der Waals surface area contributed by atoms with Crippen molar-refractivity contribution in [3.8, 4) is 11.1 Å². The van der Waals surface area contributed by atoms with Crippen molar-refractivity contribution in [3.63, 3.8) is 0 Å². The molecule has 0 aliphatic heterocycles. The van der Waals surface area contributed by atoms with E-state index >= 15 is 0 Å². The molecule has 2 aromatic rings. The Morgan fingerprint density at radius 2 is 1.90 bits per heavy atom. The van der Waals surface area contributed by atoms with Crippen molar-refractivity contribution < 1.29 is 4.39 Å². The van der Waals surface area contributed by atoms with Crippen LogP contribution in [0.3, 0.4) is 0 Å². The van der Waals surface area contributed by atoms with Crippen LogP contribution in [0.4, 0.5) is 10.2 Å². The molecule has 5 heteroatoms. The first kappa shape index (κ1) is 15.8. The van der Waals surface area contributed by atoms with Crippen LogP contribution in [0.15, 0.2) is 18.2 Å². The summed E-state index contributed by atoms with van der Waals surface area (Å²) in [5.41, 5.74) is 7.83. The molecule has 0 aliphatic carbocycles. The van der Waals surface area contributed by atoms with E-state index in [0.717, 1.165) is 31.4 Å². The third-order valence-corrected chi connectivity index (χ3v) is 4.03. The molecule has 0 radical (unpaired) electrons. The van der Waals surface area contributed by atoms with Crippen molar-refractivity contribution in [2.75, 3.05) is 5.73 Å². The number of aromatic amines is 1. The fourth-order valence-electron chi connectivity index (χ4n) is 2.79. The molecular weight excluding hydrogens is 289 g/mol. The van der Waals surface area contributed by atoms with Crippen molar-refractivity contribution in [1.29, 1.82) is 0 Å². The molecule has 0 fully saturated rings. The molecule has 1 heterocycles. The molecule has 0 saturated carbocycles. The summed E-state index contributed by atoms with van der Waals surface area (Å²) in [4.78, 5) is 0. The van der Waals surface area contributed by atoms with Gasteiger partial charge in [0.15, 0.2) is 5.82 Å². The maximum atomic E-state index is 14.2. The molecule has 2 rings (SSSR count). The van der Waals surface area contributed by atoms with Crippen LogP contribution in [0.1, 0.15) is 51.1 Å². The average molecular weight is 310 g/mol. The Balaban J connectivity index is 2.56. The van der Waals surface area contributed by atoms with Crippen molar-refractivity contribution >= 4 is 17.4 Å². The summed E-state index contributed by atoms with van der Waals surface area (Å²) in [5, 5.41) is 7.44. The molecule has 0 spiro atoms. The minimum atomic E-state index is -0.372. The first-order valence-electron chi connectivity index (χ1n) is 7.38. The van der Waals surface area contributed by atoms with Gasteiger partial charge in [0, 0.05) is 17.2 Å². The lowest BCUT2D eigenvalue weighted by molar-refractivity contribution is 0.547. The smallest absolute Gasteiger partial charge is 0.153 e. The van der Waals surface area contributed by atoms with Gasteiger partial charge < -0.3 is 5.73 Å². The number of nitrogens with one attached hydrogen (secondary N) is 1. The molecule has 114 valence electrons. The third kappa shape index (κ3) is 3.21. The lowest BCUT2D eigenvalue weighted by Gasteiger charge is -2.16. The SMILES string of the molecule is CCCC(CCC)c1[nH]nc(N)c1-c1c(F)cccc1Cl. The highest BCUT2D eigenvalue weighted by Crippen LogP contribution is 2.40. The topological polar surface area (TPSA) is 54.7 Å². The van der Waals surface area contributed by atoms with Crippen LogP contribution >= 0.6 is 11.6 Å². The summed E-state index contributed by atoms with van der Waals surface area (Å²) >= 11 is 6.19. The number of nitrogens with two attached hydrogens (primary N) is 1. The minimum Gasteiger partial charge on any atom is -0.382 e. The van der Waals surface area contributed by atoms with Crippen LogP contribution in [-0.2, 0) is 0 Å². The predicted molar refractivity (Wildman–Crippen MR) is 86.0 cm³/mol. The Bertz CT molecular complexity index is 583. The number of hydrogen-bond donors (Lipinski definition) is 2. The largest absolute Gasteiger partial charge is 0.382 e. The van der Waals surface area contributed by atoms with Gasteiger partial charge in [0.05, 0.1) is 10.6 Å². The summed E-state index contributed by atoms with van der Waals surface area (Å²) in [6.07, 6.45) is 4.12. The highest BCUT2D eigenvalue weighted by atomic mass is 35.5. The molecule has 0 aliphatic rings. The molecular formula is C16H21ClFN3. The highest BCUT2D eigenvalue weighted by Gasteiger charge is 2.24. The van der Waals surface area contributed by atoms with Crippen LogP contribution in [-0.4, -0.2) is 10.2 Å². The van der Waals surface area contributed by atoms with Gasteiger partial charge in [0.25, 0.3) is 0 Å². The van der Waals surface area contributed by atoms with Gasteiger partial charge >= 0.3 is 0 Å². The summed E-state index contributed by atoms with van der Waals surface area (Å²) in [6.45, 7) is 4.27. The maximum absolute atomic E-state index is 14.2. The number of aromatic nitrogens is 2. The molecule has 1 aromatic carbocycles. The molecule has 0 amide bonds. The van der Waals surface area contributed by atoms with Gasteiger partial charge in [-0.15, -0.1) is 0 Å². The highest BCUT2D eigenvalue weighted by molar-refractivity contribution is 6.33. The van der Waals surface area contributed by atoms with Gasteiger partial charge in [-0.05, 0) is 25.0 Å². The van der Waals surface area contributed by atoms with Crippen LogP contribution in [0, 0.1) is 5.82 Å². The first-order valence-corrected chi connectivity index (χ1v) is 7.76. The summed E-state index contributed by atoms with van der Waals surface area (Å²) in [7, 11) is 0. The second kappa shape index (κ2) is 6.94. The molecule has 0 atom stereocenters. The number of hydrogen-bond acceptors (Lipinski definition) is 2. The molecule has 0 unspecified atom stereocenters. The van der Waals surface area contributed by atoms with E-state index in [-0.39, 0.29) is 11.7 Å². The van der Waals surface area contributed by atoms with E-state index in [0.29, 0.717) is 22.0 Å². The predicted octanol–water partition coefficient (Wildman–Crippen LogP) is 5.14. The standard InChI is InChI=1S/C16H21ClFN3/c1-3-6-10(7-4-2)15-14(16(19)21-20-15)13-11(17)8-5-9-12(13)18/h5,8-10H,3-4,6-7H2,1-2H3,(H3,19,20,21). The fraction of sp³-hybridized carbons (Fsp3) is 0.438. The van der Waals surface area contributed by atoms with E-state index in [4.69, 9.17) is 17.3 Å². The van der Waals surface area contributed by atoms with Gasteiger partial charge in [-0.25, -0.2) is 4.39 Å². The summed E-state index contributed by atoms with van der Waals surface area (Å²) in [6, 6.07) is 4.66. The van der Waals surface area contributed by atoms with E-state index in [9.17, 15) is 4.39 Å². The maximum Gasteiger partial charge on any atom is 0.153 e. The second-order valence-corrected chi connectivity index (χ2v) is 5.68. The molecule has 0 saturated heterocycles. The van der Waals surface area contributed by atoms with Gasteiger partial charge in [0.2, 0.25) is 0 Å². The number of H-pyrrole nitrogens is 1. The van der Waals surface area contributed by atoms with Crippen LogP contribution in [0.5, 0.6) is 0 Å². The van der Waals surface area contributed by atoms with Crippen molar-refractivity contribution in [1.82, 2.24) is 10.2 Å². The number of nitrogens with zero attached hydrogens (tertiary/aromatic N) is 1. The van der Waals surface area contributed by atoms with Crippen LogP contribution in [0.25, 0.3) is 11.1 Å². The number of benzene rings is 1. The monoisotopic (exact) mass is 309 g/mol. The number of halogens is 2. The minimum absolute atomic E-state index is 0.287. The average Bonchev–Trinajstić information content (AvgIpc) is 2.81. The Morgan fingerprint density at radius 3 is 2.48 bits per heavy atom. The zero-order chi connectivity index (χ0) is 15.4. The lowest BCUT2D eigenvalue weighted by atomic mass is 9.90. The zero-order valence-corrected chi connectivity index (χ0v) is 13.2. The van der Waals surface area contributed by atoms with Crippen molar-refractivity contribution in [3.05, 3.63) is 34.7 Å². The molecule has 21 heavy (non-hydrogen) atoms. The quantitative estimate of drug-likeness (QED) is 0.776. The van der Waals surface area contributed by atoms with Gasteiger partial charge in [-0.2, -0.15) is 5.10 Å². The first-order chi connectivity index (χ1) is 10.1. The zero-order valence-electron chi connectivity index (χ0n) is 12.4. The molecule has 0 bridgehead atoms. The summed E-state index contributed by atoms with van der Waals surface area (Å²) < 4.78 is 14.2. The number of rotatable bonds is 6. The van der Waals surface area contributed by atoms with Crippen molar-refractivity contribution in [2.24, 2.45) is 0 Å². The Morgan fingerprint density at radius 1 is 1.24 bits per heavy atom. The van der Waals surface area contributed by atoms with E-state index < -0.39 is 0 Å². The Labute approximate surface area is 129 Å². The van der Waals surface area contributed by atoms with Gasteiger partial charge in [0.1, 0.15) is 5.82 Å². The van der Waals surface area contributed by atoms with E-state index in [1.165, 1.54) is 6.07 Å². The van der Waals surface area contributed by atoms with Crippen LogP contribution in [0.2, 0.25) is 5.02 Å². The fourth-order valence-corrected chi connectivity index (χ4v) is 3.05. The lowest BCUT2D eigenvalue weighted by Crippen LogP contribution is -2.02. The second-order valence-electron chi connectivity index (χ2n) is 5.27. The van der Waals surface area contributed by atoms with Crippen LogP contribution < -0.4 is 5.73 Å². The Kier molecular flexibility index (Phi) is 5.23. The van der Waals surface area contributed by atoms with E-state index in [1.54, 1.807) is 12.1 Å². The third-order valence-electron chi connectivity index (χ3n) is 3.72. The van der Waals surface area contributed by atoms with E-state index in [2.05, 4.69) is 24.0 Å². The van der Waals surface area contributed by atoms with Gasteiger partial charge in [-0.3, -0.25) is 5.10 Å². The Hall–Kier alpha value is -1.55. The summed E-state index contributed by atoms with van der Waals surface area (Å²) in [5.74, 6) is 0.216. The molecule has 3 N–H and O–H groups in total. The molecule has 3 nitrogen and oxygen atoms in total. The van der Waals surface area contributed by atoms with Gasteiger partial charge in [-0.1, -0.05) is 44.4 Å². The number of nitrogen functional groups attached to an aromatic ring is 1. The van der Waals surface area contributed by atoms with Crippen molar-refractivity contribution in [2.45, 2.75) is 45.4 Å². The number of anilines is 1. The molecule has 1 aromatic heterocycles.